The van der Waals surface area contributed by atoms with E-state index in [-0.39, 0.29) is 46.5 Å². The number of rotatable bonds is 8. The normalized spacial score (nSPS) is 21.7. The van der Waals surface area contributed by atoms with Gasteiger partial charge in [0.2, 0.25) is 11.8 Å². The number of fused-ring (bicyclic) bond motifs is 1. The molecule has 3 saturated heterocycles. The Morgan fingerprint density at radius 1 is 0.942 bits per heavy atom. The van der Waals surface area contributed by atoms with Crippen LogP contribution < -0.4 is 15.1 Å². The maximum Gasteiger partial charge on any atom is 0.262 e. The van der Waals surface area contributed by atoms with Crippen LogP contribution in [0.2, 0.25) is 0 Å². The van der Waals surface area contributed by atoms with Gasteiger partial charge in [-0.3, -0.25) is 34.3 Å². The second-order valence-corrected chi connectivity index (χ2v) is 16.3. The number of amides is 4. The monoisotopic (exact) mass is 702 g/mol. The average molecular weight is 703 g/mol. The van der Waals surface area contributed by atoms with Crippen molar-refractivity contribution in [3.63, 3.8) is 0 Å². The lowest BCUT2D eigenvalue weighted by Crippen LogP contribution is -2.66. The number of halogens is 1. The number of carbonyl (C=O) groups is 4. The van der Waals surface area contributed by atoms with Gasteiger partial charge in [0.15, 0.2) is 0 Å². The summed E-state index contributed by atoms with van der Waals surface area (Å²) in [6, 6.07) is 19.5. The van der Waals surface area contributed by atoms with E-state index < -0.39 is 35.5 Å². The summed E-state index contributed by atoms with van der Waals surface area (Å²) in [5.74, 6) is -2.66. The predicted molar refractivity (Wildman–Crippen MR) is 194 cm³/mol. The summed E-state index contributed by atoms with van der Waals surface area (Å²) in [7, 11) is 0. The van der Waals surface area contributed by atoms with Crippen molar-refractivity contribution in [1.29, 1.82) is 5.26 Å². The molecule has 10 nitrogen and oxygen atoms in total. The van der Waals surface area contributed by atoms with Crippen LogP contribution in [0.15, 0.2) is 54.6 Å². The van der Waals surface area contributed by atoms with Crippen molar-refractivity contribution in [1.82, 2.24) is 15.1 Å². The van der Waals surface area contributed by atoms with E-state index in [1.807, 2.05) is 4.90 Å². The van der Waals surface area contributed by atoms with Crippen molar-refractivity contribution in [2.75, 3.05) is 42.5 Å². The Bertz CT molecular complexity index is 2050. The van der Waals surface area contributed by atoms with Crippen LogP contribution in [0.1, 0.15) is 83.9 Å². The molecule has 1 saturated carbocycles. The highest BCUT2D eigenvalue weighted by molar-refractivity contribution is 6.23. The number of anilines is 3. The molecule has 11 heteroatoms. The minimum atomic E-state index is -1.09. The lowest BCUT2D eigenvalue weighted by molar-refractivity contribution is -0.136. The number of hydrogen-bond donors (Lipinski definition) is 1. The molecule has 4 heterocycles. The van der Waals surface area contributed by atoms with E-state index in [0.717, 1.165) is 54.7 Å². The lowest BCUT2D eigenvalue weighted by atomic mass is 9.86. The third-order valence-electron chi connectivity index (χ3n) is 11.7. The largest absolute Gasteiger partial charge is 0.366 e. The van der Waals surface area contributed by atoms with Gasteiger partial charge in [-0.25, -0.2) is 4.39 Å². The zero-order valence-electron chi connectivity index (χ0n) is 30.0. The number of benzene rings is 3. The van der Waals surface area contributed by atoms with E-state index in [9.17, 15) is 24.4 Å². The van der Waals surface area contributed by atoms with E-state index in [1.165, 1.54) is 22.9 Å². The second-order valence-electron chi connectivity index (χ2n) is 16.3. The van der Waals surface area contributed by atoms with Crippen LogP contribution >= 0.6 is 0 Å². The van der Waals surface area contributed by atoms with E-state index in [1.54, 1.807) is 0 Å². The van der Waals surface area contributed by atoms with Gasteiger partial charge in [-0.15, -0.1) is 0 Å². The fourth-order valence-electron chi connectivity index (χ4n) is 8.15. The Morgan fingerprint density at radius 2 is 1.62 bits per heavy atom. The number of nitrogens with zero attached hydrogens (tertiary/aromatic N) is 5. The molecule has 52 heavy (non-hydrogen) atoms. The smallest absolute Gasteiger partial charge is 0.262 e. The fourth-order valence-corrected chi connectivity index (χ4v) is 8.15. The Kier molecular flexibility index (Phi) is 8.03. The Balaban J connectivity index is 0.941. The number of aryl methyl sites for hydroxylation is 1. The molecule has 4 amide bonds. The highest BCUT2D eigenvalue weighted by atomic mass is 19.1. The molecular formula is C41H43FN6O4. The van der Waals surface area contributed by atoms with Crippen LogP contribution in [0.25, 0.3) is 0 Å². The number of piperidine rings is 1. The molecule has 268 valence electrons. The summed E-state index contributed by atoms with van der Waals surface area (Å²) in [5, 5.41) is 11.9. The van der Waals surface area contributed by atoms with Gasteiger partial charge in [-0.1, -0.05) is 45.0 Å². The van der Waals surface area contributed by atoms with Crippen molar-refractivity contribution in [2.45, 2.75) is 76.3 Å². The lowest BCUT2D eigenvalue weighted by Gasteiger charge is -2.53. The van der Waals surface area contributed by atoms with Gasteiger partial charge in [-0.2, -0.15) is 5.26 Å². The molecule has 3 aromatic rings. The van der Waals surface area contributed by atoms with Gasteiger partial charge < -0.3 is 9.80 Å². The molecule has 1 atom stereocenters. The average Bonchev–Trinajstić information content (AvgIpc) is 3.83. The molecular weight excluding hydrogens is 659 g/mol. The van der Waals surface area contributed by atoms with Crippen molar-refractivity contribution in [3.05, 3.63) is 88.2 Å². The third kappa shape index (κ3) is 5.73. The minimum Gasteiger partial charge on any atom is -0.366 e. The Hall–Kier alpha value is -5.08. The van der Waals surface area contributed by atoms with E-state index >= 15 is 4.39 Å². The number of likely N-dealkylation sites (tertiary alicyclic amines) is 1. The predicted octanol–water partition coefficient (Wildman–Crippen LogP) is 5.35. The van der Waals surface area contributed by atoms with Crippen LogP contribution in [0.3, 0.4) is 0 Å². The molecule has 0 aromatic heterocycles. The number of nitriles is 1. The molecule has 0 spiro atoms. The quantitative estimate of drug-likeness (QED) is 0.313. The second kappa shape index (κ2) is 12.3. The third-order valence-corrected chi connectivity index (χ3v) is 11.7. The summed E-state index contributed by atoms with van der Waals surface area (Å²) < 4.78 is 15.4. The molecule has 0 bridgehead atoms. The molecule has 4 aliphatic heterocycles. The number of hydrogen-bond acceptors (Lipinski definition) is 8. The number of imide groups is 2. The molecule has 1 unspecified atom stereocenters. The summed E-state index contributed by atoms with van der Waals surface area (Å²) in [6.07, 6.45) is 1.90. The van der Waals surface area contributed by atoms with Gasteiger partial charge in [0.05, 0.1) is 28.3 Å². The summed E-state index contributed by atoms with van der Waals surface area (Å²) >= 11 is 0. The molecule has 8 rings (SSSR count). The first-order valence-corrected chi connectivity index (χ1v) is 18.2. The summed E-state index contributed by atoms with van der Waals surface area (Å²) in [6.45, 7) is 12.7. The van der Waals surface area contributed by atoms with Crippen LogP contribution in [-0.2, 0) is 20.4 Å². The molecule has 3 aromatic carbocycles. The first-order chi connectivity index (χ1) is 24.8. The van der Waals surface area contributed by atoms with Crippen molar-refractivity contribution in [3.8, 4) is 6.07 Å². The highest BCUT2D eigenvalue weighted by Gasteiger charge is 2.47. The van der Waals surface area contributed by atoms with E-state index in [0.29, 0.717) is 19.0 Å². The first kappa shape index (κ1) is 34.0. The van der Waals surface area contributed by atoms with Crippen LogP contribution in [-0.4, -0.2) is 78.2 Å². The zero-order chi connectivity index (χ0) is 36.7. The van der Waals surface area contributed by atoms with Crippen molar-refractivity contribution in [2.24, 2.45) is 5.92 Å². The van der Waals surface area contributed by atoms with Crippen LogP contribution in [0.5, 0.6) is 0 Å². The standard InChI is InChI=1S/C41H43FN6O4/c1-24-5-6-27(40(2,3)4)15-34(24)47(28-9-7-26(8-10-28)41(23-43)13-14-41)20-25-18-45(19-25)29-21-46(22-29)35-17-31-30(16-32(35)42)38(51)48(39(31)52)33-11-12-36(49)44-37(33)50/h5-10,15-17,25,29,33H,11-14,18-22H2,1-4H3,(H,44,49,50). The molecule has 5 aliphatic rings. The van der Waals surface area contributed by atoms with Crippen molar-refractivity contribution < 1.29 is 23.6 Å². The van der Waals surface area contributed by atoms with Gasteiger partial charge in [0, 0.05) is 62.5 Å². The number of nitrogens with one attached hydrogen (secondary N) is 1. The van der Waals surface area contributed by atoms with E-state index in [4.69, 9.17) is 0 Å². The van der Waals surface area contributed by atoms with Gasteiger partial charge >= 0.3 is 0 Å². The Morgan fingerprint density at radius 3 is 2.23 bits per heavy atom. The SMILES string of the molecule is Cc1ccc(C(C)(C)C)cc1N(CC1CN(C2CN(c3cc4c(cc3F)C(=O)N(C3CCC(=O)NC3=O)C4=O)C2)C1)c1ccc(C2(C#N)CC2)cc1. The van der Waals surface area contributed by atoms with Crippen molar-refractivity contribution >= 4 is 40.7 Å². The maximum absolute atomic E-state index is 15.4. The fraction of sp³-hybridized carbons (Fsp3) is 0.439. The topological polar surface area (TPSA) is 117 Å². The minimum absolute atomic E-state index is 0.000550. The first-order valence-electron chi connectivity index (χ1n) is 18.2. The van der Waals surface area contributed by atoms with Gasteiger partial charge in [0.1, 0.15) is 11.9 Å². The summed E-state index contributed by atoms with van der Waals surface area (Å²) in [5.41, 5.74) is 5.82. The highest BCUT2D eigenvalue weighted by Crippen LogP contribution is 2.48. The van der Waals surface area contributed by atoms with Gasteiger partial charge in [-0.05, 0) is 78.6 Å². The zero-order valence-corrected chi connectivity index (χ0v) is 30.0. The molecule has 4 fully saturated rings. The molecule has 0 radical (unpaired) electrons. The van der Waals surface area contributed by atoms with Crippen LogP contribution in [0.4, 0.5) is 21.5 Å². The summed E-state index contributed by atoms with van der Waals surface area (Å²) in [4.78, 5) is 58.1. The van der Waals surface area contributed by atoms with Gasteiger partial charge in [0.25, 0.3) is 11.8 Å². The number of carbonyl (C=O) groups excluding carboxylic acids is 4. The maximum atomic E-state index is 15.4. The molecule has 1 N–H and O–H groups in total. The molecule has 1 aliphatic carbocycles. The van der Waals surface area contributed by atoms with E-state index in [2.05, 4.69) is 91.3 Å². The Labute approximate surface area is 303 Å². The van der Waals surface area contributed by atoms with Crippen LogP contribution in [0, 0.1) is 30.0 Å².